The molecule has 3 heterocycles. The number of carbonyl (C=O) groups is 2. The first kappa shape index (κ1) is 19.6. The summed E-state index contributed by atoms with van der Waals surface area (Å²) in [6, 6.07) is 4.02. The summed E-state index contributed by atoms with van der Waals surface area (Å²) < 4.78 is 21.1. The predicted molar refractivity (Wildman–Crippen MR) is 103 cm³/mol. The third kappa shape index (κ3) is 3.38. The van der Waals surface area contributed by atoms with Crippen molar-refractivity contribution < 1.29 is 33.0 Å². The molecule has 1 aliphatic rings. The Morgan fingerprint density at radius 3 is 2.83 bits per heavy atom. The number of aryl methyl sites for hydroxylation is 1. The van der Waals surface area contributed by atoms with Crippen LogP contribution in [0.15, 0.2) is 46.0 Å². The van der Waals surface area contributed by atoms with Crippen molar-refractivity contribution in [2.75, 3.05) is 6.54 Å². The van der Waals surface area contributed by atoms with Crippen LogP contribution in [0.1, 0.15) is 36.2 Å². The van der Waals surface area contributed by atoms with Crippen molar-refractivity contribution in [1.82, 2.24) is 9.88 Å². The number of furan rings is 1. The molecule has 0 bridgehead atoms. The SMILES string of the molecule is CCCN1C(=O)OC(=O)C1c1cc(C)c(OCc2cocn2)c(O)c1-c1ccco1. The van der Waals surface area contributed by atoms with E-state index in [0.29, 0.717) is 35.5 Å². The zero-order chi connectivity index (χ0) is 21.3. The van der Waals surface area contributed by atoms with Gasteiger partial charge in [-0.05, 0) is 37.1 Å². The molecule has 0 radical (unpaired) electrons. The molecule has 1 amide bonds. The van der Waals surface area contributed by atoms with Gasteiger partial charge >= 0.3 is 12.1 Å². The second-order valence-corrected chi connectivity index (χ2v) is 6.86. The molecule has 1 atom stereocenters. The number of amides is 1. The van der Waals surface area contributed by atoms with Crippen molar-refractivity contribution in [2.24, 2.45) is 0 Å². The van der Waals surface area contributed by atoms with E-state index in [1.54, 1.807) is 25.1 Å². The number of hydrogen-bond donors (Lipinski definition) is 1. The average molecular weight is 412 g/mol. The highest BCUT2D eigenvalue weighted by molar-refractivity contribution is 5.98. The number of carbonyl (C=O) groups excluding carboxylic acids is 2. The summed E-state index contributed by atoms with van der Waals surface area (Å²) in [5.74, 6) is -0.353. The van der Waals surface area contributed by atoms with E-state index in [2.05, 4.69) is 4.98 Å². The standard InChI is InChI=1S/C21H20N2O7/c1-3-6-23-17(20(25)30-21(23)26)14-8-12(2)19(29-10-13-9-27-11-22-13)18(24)16(14)15-5-4-7-28-15/h4-5,7-9,11,17,24H,3,6,10H2,1-2H3. The number of phenolic OH excluding ortho intramolecular Hbond substituents is 1. The van der Waals surface area contributed by atoms with Crippen LogP contribution in [0.5, 0.6) is 11.5 Å². The highest BCUT2D eigenvalue weighted by atomic mass is 16.6. The molecular formula is C21H20N2O7. The van der Waals surface area contributed by atoms with Gasteiger partial charge in [0.15, 0.2) is 23.9 Å². The highest BCUT2D eigenvalue weighted by Gasteiger charge is 2.44. The van der Waals surface area contributed by atoms with Gasteiger partial charge in [0.2, 0.25) is 0 Å². The van der Waals surface area contributed by atoms with Crippen LogP contribution in [0, 0.1) is 6.92 Å². The van der Waals surface area contributed by atoms with Crippen LogP contribution >= 0.6 is 0 Å². The lowest BCUT2D eigenvalue weighted by atomic mass is 9.94. The maximum Gasteiger partial charge on any atom is 0.418 e. The van der Waals surface area contributed by atoms with Gasteiger partial charge in [-0.1, -0.05) is 6.92 Å². The van der Waals surface area contributed by atoms with Crippen LogP contribution in [0.25, 0.3) is 11.3 Å². The minimum Gasteiger partial charge on any atom is -0.504 e. The number of phenols is 1. The third-order valence-corrected chi connectivity index (χ3v) is 4.80. The van der Waals surface area contributed by atoms with Gasteiger partial charge in [0.1, 0.15) is 24.3 Å². The molecule has 156 valence electrons. The minimum absolute atomic E-state index is 0.0771. The molecule has 0 saturated carbocycles. The van der Waals surface area contributed by atoms with Crippen LogP contribution in [-0.2, 0) is 16.1 Å². The van der Waals surface area contributed by atoms with Crippen LogP contribution in [-0.4, -0.2) is 33.6 Å². The van der Waals surface area contributed by atoms with Crippen LogP contribution in [0.4, 0.5) is 4.79 Å². The second kappa shape index (κ2) is 7.94. The molecule has 30 heavy (non-hydrogen) atoms. The monoisotopic (exact) mass is 412 g/mol. The quantitative estimate of drug-likeness (QED) is 0.458. The van der Waals surface area contributed by atoms with Crippen molar-refractivity contribution in [3.05, 3.63) is 53.9 Å². The lowest BCUT2D eigenvalue weighted by Crippen LogP contribution is -2.29. The number of aromatic hydroxyl groups is 1. The zero-order valence-corrected chi connectivity index (χ0v) is 16.5. The van der Waals surface area contributed by atoms with E-state index in [0.717, 1.165) is 0 Å². The molecule has 0 spiro atoms. The number of cyclic esters (lactones) is 2. The number of benzene rings is 1. The van der Waals surface area contributed by atoms with Gasteiger partial charge < -0.3 is 23.4 Å². The number of oxazole rings is 1. The third-order valence-electron chi connectivity index (χ3n) is 4.80. The largest absolute Gasteiger partial charge is 0.504 e. The van der Waals surface area contributed by atoms with E-state index < -0.39 is 18.1 Å². The number of esters is 1. The van der Waals surface area contributed by atoms with Crippen molar-refractivity contribution >= 4 is 12.1 Å². The van der Waals surface area contributed by atoms with E-state index in [1.165, 1.54) is 23.8 Å². The van der Waals surface area contributed by atoms with Gasteiger partial charge in [-0.15, -0.1) is 0 Å². The van der Waals surface area contributed by atoms with Gasteiger partial charge in [-0.3, -0.25) is 4.90 Å². The maximum absolute atomic E-state index is 12.5. The Hall–Kier alpha value is -3.75. The Morgan fingerprint density at radius 2 is 2.17 bits per heavy atom. The fourth-order valence-electron chi connectivity index (χ4n) is 3.53. The summed E-state index contributed by atoms with van der Waals surface area (Å²) in [5, 5.41) is 11.1. The molecule has 3 aromatic rings. The van der Waals surface area contributed by atoms with Gasteiger partial charge in [-0.25, -0.2) is 14.6 Å². The molecule has 9 heteroatoms. The Morgan fingerprint density at radius 1 is 1.33 bits per heavy atom. The van der Waals surface area contributed by atoms with E-state index in [-0.39, 0.29) is 23.7 Å². The van der Waals surface area contributed by atoms with Gasteiger partial charge in [0, 0.05) is 12.1 Å². The summed E-state index contributed by atoms with van der Waals surface area (Å²) in [7, 11) is 0. The first-order valence-corrected chi connectivity index (χ1v) is 9.43. The summed E-state index contributed by atoms with van der Waals surface area (Å²) in [6.07, 6.45) is 4.11. The summed E-state index contributed by atoms with van der Waals surface area (Å²) in [4.78, 5) is 30.1. The average Bonchev–Trinajstić information content (AvgIpc) is 3.45. The molecule has 1 fully saturated rings. The summed E-state index contributed by atoms with van der Waals surface area (Å²) in [6.45, 7) is 4.04. The van der Waals surface area contributed by atoms with Crippen LogP contribution < -0.4 is 4.74 Å². The smallest absolute Gasteiger partial charge is 0.418 e. The van der Waals surface area contributed by atoms with Gasteiger partial charge in [0.25, 0.3) is 0 Å². The lowest BCUT2D eigenvalue weighted by molar-refractivity contribution is -0.136. The molecule has 2 aromatic heterocycles. The normalized spacial score (nSPS) is 16.2. The lowest BCUT2D eigenvalue weighted by Gasteiger charge is -2.23. The van der Waals surface area contributed by atoms with Gasteiger partial charge in [0.05, 0.1) is 11.8 Å². The second-order valence-electron chi connectivity index (χ2n) is 6.86. The van der Waals surface area contributed by atoms with Crippen molar-refractivity contribution in [3.63, 3.8) is 0 Å². The first-order valence-electron chi connectivity index (χ1n) is 9.43. The molecule has 0 aliphatic carbocycles. The van der Waals surface area contributed by atoms with E-state index in [4.69, 9.17) is 18.3 Å². The topological polar surface area (TPSA) is 115 Å². The Balaban J connectivity index is 1.82. The number of rotatable bonds is 7. The summed E-state index contributed by atoms with van der Waals surface area (Å²) in [5.41, 5.74) is 1.79. The zero-order valence-electron chi connectivity index (χ0n) is 16.5. The fourth-order valence-corrected chi connectivity index (χ4v) is 3.53. The van der Waals surface area contributed by atoms with Crippen molar-refractivity contribution in [3.8, 4) is 22.8 Å². The first-order chi connectivity index (χ1) is 14.5. The Bertz CT molecular complexity index is 1060. The van der Waals surface area contributed by atoms with E-state index in [9.17, 15) is 14.7 Å². The number of ether oxygens (including phenoxy) is 2. The Labute approximate surface area is 171 Å². The highest BCUT2D eigenvalue weighted by Crippen LogP contribution is 2.47. The Kier molecular flexibility index (Phi) is 5.18. The molecule has 9 nitrogen and oxygen atoms in total. The van der Waals surface area contributed by atoms with E-state index >= 15 is 0 Å². The minimum atomic E-state index is -0.994. The predicted octanol–water partition coefficient (Wildman–Crippen LogP) is 3.96. The number of aromatic nitrogens is 1. The maximum atomic E-state index is 12.5. The molecule has 1 N–H and O–H groups in total. The molecule has 1 saturated heterocycles. The summed E-state index contributed by atoms with van der Waals surface area (Å²) >= 11 is 0. The van der Waals surface area contributed by atoms with E-state index in [1.807, 2.05) is 6.92 Å². The van der Waals surface area contributed by atoms with Crippen LogP contribution in [0.2, 0.25) is 0 Å². The molecule has 1 unspecified atom stereocenters. The molecule has 1 aromatic carbocycles. The fraction of sp³-hybridized carbons (Fsp3) is 0.286. The van der Waals surface area contributed by atoms with Crippen molar-refractivity contribution in [2.45, 2.75) is 32.9 Å². The van der Waals surface area contributed by atoms with Gasteiger partial charge in [-0.2, -0.15) is 0 Å². The van der Waals surface area contributed by atoms with Crippen LogP contribution in [0.3, 0.4) is 0 Å². The molecule has 4 rings (SSSR count). The van der Waals surface area contributed by atoms with Crippen molar-refractivity contribution in [1.29, 1.82) is 0 Å². The molecule has 1 aliphatic heterocycles. The molecular weight excluding hydrogens is 392 g/mol. The number of nitrogens with zero attached hydrogens (tertiary/aromatic N) is 2. The number of hydrogen-bond acceptors (Lipinski definition) is 8.